The van der Waals surface area contributed by atoms with Crippen LogP contribution < -0.4 is 11.2 Å². The second kappa shape index (κ2) is 13.3. The molecule has 0 bridgehead atoms. The summed E-state index contributed by atoms with van der Waals surface area (Å²) < 4.78 is 5.59. The van der Waals surface area contributed by atoms with Crippen molar-refractivity contribution in [3.8, 4) is 0 Å². The van der Waals surface area contributed by atoms with E-state index in [4.69, 9.17) is 10.6 Å². The van der Waals surface area contributed by atoms with Gasteiger partial charge in [-0.15, -0.1) is 0 Å². The van der Waals surface area contributed by atoms with Crippen LogP contribution in [0.25, 0.3) is 0 Å². The zero-order chi connectivity index (χ0) is 30.8. The van der Waals surface area contributed by atoms with Crippen molar-refractivity contribution in [2.45, 2.75) is 95.3 Å². The number of nitrogens with one attached hydrogen (secondary N) is 1. The van der Waals surface area contributed by atoms with Crippen molar-refractivity contribution in [2.75, 3.05) is 45.9 Å². The highest BCUT2D eigenvalue weighted by Gasteiger charge is 2.58. The molecule has 5 fully saturated rings. The fourth-order valence-corrected chi connectivity index (χ4v) is 9.05. The van der Waals surface area contributed by atoms with Crippen LogP contribution in [0.2, 0.25) is 0 Å². The van der Waals surface area contributed by atoms with Gasteiger partial charge in [0.05, 0.1) is 17.5 Å². The number of fused-ring (bicyclic) bond motifs is 1. The number of likely N-dealkylation sites (tertiary alicyclic amines) is 1. The van der Waals surface area contributed by atoms with E-state index in [2.05, 4.69) is 46.0 Å². The molecular weight excluding hydrogens is 556 g/mol. The first-order valence-electron chi connectivity index (χ1n) is 17.0. The van der Waals surface area contributed by atoms with Crippen molar-refractivity contribution in [1.82, 2.24) is 25.0 Å². The first-order valence-corrected chi connectivity index (χ1v) is 17.0. The molecule has 3 N–H and O–H groups in total. The lowest BCUT2D eigenvalue weighted by Crippen LogP contribution is -2.51. The third kappa shape index (κ3) is 6.35. The summed E-state index contributed by atoms with van der Waals surface area (Å²) in [6, 6.07) is 10.7. The largest absolute Gasteiger partial charge is 0.381 e. The molecule has 5 aliphatic rings. The van der Waals surface area contributed by atoms with E-state index in [0.717, 1.165) is 83.5 Å². The summed E-state index contributed by atoms with van der Waals surface area (Å²) in [4.78, 5) is 46.1. The van der Waals surface area contributed by atoms with Crippen LogP contribution in [0, 0.1) is 17.8 Å². The Labute approximate surface area is 262 Å². The molecule has 4 aliphatic heterocycles. The van der Waals surface area contributed by atoms with E-state index in [1.165, 1.54) is 11.4 Å². The van der Waals surface area contributed by atoms with Gasteiger partial charge >= 0.3 is 6.03 Å². The van der Waals surface area contributed by atoms with Crippen molar-refractivity contribution in [1.29, 1.82) is 0 Å². The highest BCUT2D eigenvalue weighted by molar-refractivity contribution is 5.83. The summed E-state index contributed by atoms with van der Waals surface area (Å²) in [6.45, 7) is 9.86. The predicted molar refractivity (Wildman–Crippen MR) is 168 cm³/mol. The molecule has 1 aliphatic carbocycles. The number of carbonyl (C=O) groups excluding carboxylic acids is 3. The molecular formula is C34H52N6O4. The van der Waals surface area contributed by atoms with E-state index in [9.17, 15) is 14.4 Å². The standard InChI is InChI=1S/C34H52N6O4/c1-24(2)39-33(43)38(22-25-13-17-44-18-14-25)23-34(39)19-27-9-6-15-37(30(27)20-34)16-12-29(26-7-4-3-5-8-26)40(35)32(42)28-10-11-31(41)36-21-28/h3-5,7-8,24-25,27-30H,6,9-23,35H2,1-2H3,(H,36,41)/t27?,28?,29-,30?,34?/m0/s1. The van der Waals surface area contributed by atoms with Crippen molar-refractivity contribution in [3.05, 3.63) is 35.9 Å². The molecule has 0 aromatic heterocycles. The van der Waals surface area contributed by atoms with Crippen LogP contribution >= 0.6 is 0 Å². The maximum atomic E-state index is 13.9. The van der Waals surface area contributed by atoms with Gasteiger partial charge in [-0.25, -0.2) is 10.6 Å². The number of hydrogen-bond acceptors (Lipinski definition) is 6. The lowest BCUT2D eigenvalue weighted by Gasteiger charge is -2.40. The highest BCUT2D eigenvalue weighted by atomic mass is 16.5. The van der Waals surface area contributed by atoms with Crippen LogP contribution in [0.1, 0.15) is 83.2 Å². The van der Waals surface area contributed by atoms with Crippen molar-refractivity contribution in [2.24, 2.45) is 23.6 Å². The first kappa shape index (κ1) is 31.3. The third-order valence-corrected chi connectivity index (χ3v) is 11.2. The van der Waals surface area contributed by atoms with E-state index in [1.54, 1.807) is 0 Å². The van der Waals surface area contributed by atoms with Gasteiger partial charge in [0, 0.05) is 57.9 Å². The van der Waals surface area contributed by atoms with Gasteiger partial charge in [0.1, 0.15) is 0 Å². The number of hydrogen-bond donors (Lipinski definition) is 2. The zero-order valence-corrected chi connectivity index (χ0v) is 26.7. The minimum atomic E-state index is -0.288. The van der Waals surface area contributed by atoms with Gasteiger partial charge in [0.25, 0.3) is 0 Å². The minimum Gasteiger partial charge on any atom is -0.381 e. The molecule has 10 nitrogen and oxygen atoms in total. The fourth-order valence-electron chi connectivity index (χ4n) is 9.05. The number of rotatable bonds is 9. The second-order valence-corrected chi connectivity index (χ2v) is 14.3. The third-order valence-electron chi connectivity index (χ3n) is 11.2. The summed E-state index contributed by atoms with van der Waals surface area (Å²) in [5, 5.41) is 4.28. The van der Waals surface area contributed by atoms with Crippen molar-refractivity contribution in [3.63, 3.8) is 0 Å². The SMILES string of the molecule is CC(C)N1C(=O)N(CC2CCOCC2)CC12CC1CCCN(CC[C@@H](c3ccccc3)N(N)C(=O)C3CCC(=O)NC3)C1C2. The molecule has 6 rings (SSSR count). The van der Waals surface area contributed by atoms with E-state index < -0.39 is 0 Å². The highest BCUT2D eigenvalue weighted by Crippen LogP contribution is 2.50. The molecule has 4 amide bonds. The number of carbonyl (C=O) groups is 3. The van der Waals surface area contributed by atoms with Gasteiger partial charge in [0.15, 0.2) is 0 Å². The van der Waals surface area contributed by atoms with Crippen LogP contribution in [0.5, 0.6) is 0 Å². The number of hydrazine groups is 1. The lowest BCUT2D eigenvalue weighted by atomic mass is 9.90. The van der Waals surface area contributed by atoms with Gasteiger partial charge in [-0.05, 0) is 89.2 Å². The summed E-state index contributed by atoms with van der Waals surface area (Å²) in [5.41, 5.74) is 0.921. The molecule has 44 heavy (non-hydrogen) atoms. The monoisotopic (exact) mass is 608 g/mol. The number of nitrogens with two attached hydrogens (primary N) is 1. The van der Waals surface area contributed by atoms with E-state index in [-0.39, 0.29) is 41.4 Å². The molecule has 10 heteroatoms. The summed E-state index contributed by atoms with van der Waals surface area (Å²) in [6.07, 6.45) is 8.15. The number of benzene rings is 1. The van der Waals surface area contributed by atoms with Gasteiger partial charge in [-0.2, -0.15) is 0 Å². The average molecular weight is 609 g/mol. The maximum Gasteiger partial charge on any atom is 0.320 e. The quantitative estimate of drug-likeness (QED) is 0.252. The summed E-state index contributed by atoms with van der Waals surface area (Å²) in [5.74, 6) is 7.33. The lowest BCUT2D eigenvalue weighted by molar-refractivity contribution is -0.140. The maximum absolute atomic E-state index is 13.9. The van der Waals surface area contributed by atoms with Crippen LogP contribution in [-0.4, -0.2) is 101 Å². The van der Waals surface area contributed by atoms with Gasteiger partial charge in [0.2, 0.25) is 11.8 Å². The second-order valence-electron chi connectivity index (χ2n) is 14.3. The molecule has 1 aromatic rings. The molecule has 4 saturated heterocycles. The molecule has 1 aromatic carbocycles. The molecule has 4 heterocycles. The average Bonchev–Trinajstić information content (AvgIpc) is 3.53. The van der Waals surface area contributed by atoms with Crippen molar-refractivity contribution < 1.29 is 19.1 Å². The molecule has 5 atom stereocenters. The fraction of sp³-hybridized carbons (Fsp3) is 0.735. The molecule has 0 radical (unpaired) electrons. The Hall–Kier alpha value is -2.69. The number of piperidine rings is 2. The first-order chi connectivity index (χ1) is 21.3. The molecule has 1 spiro atoms. The Morgan fingerprint density at radius 3 is 2.59 bits per heavy atom. The summed E-state index contributed by atoms with van der Waals surface area (Å²) >= 11 is 0. The molecule has 1 saturated carbocycles. The van der Waals surface area contributed by atoms with Crippen LogP contribution in [-0.2, 0) is 14.3 Å². The summed E-state index contributed by atoms with van der Waals surface area (Å²) in [7, 11) is 0. The van der Waals surface area contributed by atoms with E-state index in [0.29, 0.717) is 37.3 Å². The predicted octanol–water partition coefficient (Wildman–Crippen LogP) is 3.53. The Kier molecular flexibility index (Phi) is 9.50. The Morgan fingerprint density at radius 1 is 1.11 bits per heavy atom. The number of ether oxygens (including phenoxy) is 1. The van der Waals surface area contributed by atoms with Crippen LogP contribution in [0.15, 0.2) is 30.3 Å². The minimum absolute atomic E-state index is 0.00193. The normalized spacial score (nSPS) is 30.6. The van der Waals surface area contributed by atoms with Gasteiger partial charge < -0.3 is 19.9 Å². The van der Waals surface area contributed by atoms with Crippen LogP contribution in [0.3, 0.4) is 0 Å². The zero-order valence-electron chi connectivity index (χ0n) is 26.7. The number of amides is 4. The van der Waals surface area contributed by atoms with E-state index >= 15 is 0 Å². The van der Waals surface area contributed by atoms with Gasteiger partial charge in [-0.3, -0.25) is 19.5 Å². The topological polar surface area (TPSA) is 111 Å². The molecule has 4 unspecified atom stereocenters. The Balaban J connectivity index is 1.16. The van der Waals surface area contributed by atoms with Crippen LogP contribution in [0.4, 0.5) is 4.79 Å². The smallest absolute Gasteiger partial charge is 0.320 e. The molecule has 242 valence electrons. The van der Waals surface area contributed by atoms with E-state index in [1.807, 2.05) is 18.2 Å². The Bertz CT molecular complexity index is 1170. The number of nitrogens with zero attached hydrogens (tertiary/aromatic N) is 4. The number of urea groups is 1. The van der Waals surface area contributed by atoms with Crippen molar-refractivity contribution >= 4 is 17.8 Å². The van der Waals surface area contributed by atoms with Gasteiger partial charge in [-0.1, -0.05) is 30.3 Å². The Morgan fingerprint density at radius 2 is 1.89 bits per heavy atom.